The molecule has 0 aliphatic carbocycles. The Labute approximate surface area is 106 Å². The van der Waals surface area contributed by atoms with Gasteiger partial charge in [-0.3, -0.25) is 0 Å². The standard InChI is InChI=1S/C9H5F3INOS/c10-9(11,12)2-4-1-5-7(15)6(13)3-14-8(5)16-4/h1,3H,2H2,(H,14,15). The normalized spacial score (nSPS) is 12.2. The Hall–Kier alpha value is -0.570. The largest absolute Gasteiger partial charge is 0.506 e. The average molecular weight is 359 g/mol. The predicted octanol–water partition coefficient (Wildman–Crippen LogP) is 3.71. The second-order valence-electron chi connectivity index (χ2n) is 3.18. The fourth-order valence-electron chi connectivity index (χ4n) is 1.29. The Bertz CT molecular complexity index is 537. The maximum absolute atomic E-state index is 12.2. The van der Waals surface area contributed by atoms with Crippen LogP contribution >= 0.6 is 33.9 Å². The van der Waals surface area contributed by atoms with Gasteiger partial charge in [-0.2, -0.15) is 13.2 Å². The first-order valence-electron chi connectivity index (χ1n) is 4.19. The maximum Gasteiger partial charge on any atom is 0.393 e. The van der Waals surface area contributed by atoms with Crippen molar-refractivity contribution in [3.63, 3.8) is 0 Å². The topological polar surface area (TPSA) is 33.1 Å². The van der Waals surface area contributed by atoms with Crippen LogP contribution in [0.4, 0.5) is 13.2 Å². The first-order chi connectivity index (χ1) is 7.37. The van der Waals surface area contributed by atoms with Gasteiger partial charge in [-0.25, -0.2) is 4.98 Å². The molecule has 2 aromatic heterocycles. The second kappa shape index (κ2) is 4.02. The number of nitrogens with zero attached hydrogens (tertiary/aromatic N) is 1. The van der Waals surface area contributed by atoms with Crippen LogP contribution in [0.5, 0.6) is 5.75 Å². The molecule has 0 aliphatic heterocycles. The van der Waals surface area contributed by atoms with Gasteiger partial charge in [0.2, 0.25) is 0 Å². The fourth-order valence-corrected chi connectivity index (χ4v) is 2.75. The number of hydrogen-bond acceptors (Lipinski definition) is 3. The van der Waals surface area contributed by atoms with Crippen LogP contribution in [-0.4, -0.2) is 16.3 Å². The van der Waals surface area contributed by atoms with Gasteiger partial charge in [0.25, 0.3) is 0 Å². The maximum atomic E-state index is 12.2. The molecule has 0 spiro atoms. The Kier molecular flexibility index (Phi) is 2.99. The number of thiophene rings is 1. The molecule has 2 nitrogen and oxygen atoms in total. The molecule has 1 N–H and O–H groups in total. The van der Waals surface area contributed by atoms with Gasteiger partial charge >= 0.3 is 6.18 Å². The second-order valence-corrected chi connectivity index (χ2v) is 5.46. The molecule has 86 valence electrons. The third-order valence-corrected chi connectivity index (χ3v) is 3.75. The Balaban J connectivity index is 2.48. The number of pyridine rings is 1. The monoisotopic (exact) mass is 359 g/mol. The molecule has 2 aromatic rings. The van der Waals surface area contributed by atoms with Gasteiger partial charge in [-0.1, -0.05) is 0 Å². The average Bonchev–Trinajstić information content (AvgIpc) is 2.52. The Morgan fingerprint density at radius 3 is 2.75 bits per heavy atom. The van der Waals surface area contributed by atoms with Crippen molar-refractivity contribution in [1.29, 1.82) is 0 Å². The van der Waals surface area contributed by atoms with Crippen LogP contribution < -0.4 is 0 Å². The van der Waals surface area contributed by atoms with E-state index < -0.39 is 12.6 Å². The lowest BCUT2D eigenvalue weighted by Crippen LogP contribution is -2.09. The van der Waals surface area contributed by atoms with Crippen molar-refractivity contribution in [2.45, 2.75) is 12.6 Å². The predicted molar refractivity (Wildman–Crippen MR) is 63.8 cm³/mol. The van der Waals surface area contributed by atoms with Crippen LogP contribution in [-0.2, 0) is 6.42 Å². The molecular formula is C9H5F3INOS. The molecule has 16 heavy (non-hydrogen) atoms. The van der Waals surface area contributed by atoms with Crippen molar-refractivity contribution >= 4 is 44.1 Å². The molecule has 0 saturated heterocycles. The van der Waals surface area contributed by atoms with Gasteiger partial charge in [0, 0.05) is 11.1 Å². The summed E-state index contributed by atoms with van der Waals surface area (Å²) in [5, 5.41) is 10.0. The van der Waals surface area contributed by atoms with Crippen molar-refractivity contribution < 1.29 is 18.3 Å². The highest BCUT2D eigenvalue weighted by Gasteiger charge is 2.29. The Morgan fingerprint density at radius 2 is 2.12 bits per heavy atom. The zero-order valence-electron chi connectivity index (χ0n) is 7.68. The van der Waals surface area contributed by atoms with Crippen molar-refractivity contribution in [3.05, 3.63) is 20.7 Å². The summed E-state index contributed by atoms with van der Waals surface area (Å²) in [4.78, 5) is 4.56. The lowest BCUT2D eigenvalue weighted by molar-refractivity contribution is -0.126. The highest BCUT2D eigenvalue weighted by molar-refractivity contribution is 14.1. The van der Waals surface area contributed by atoms with E-state index in [0.29, 0.717) is 13.8 Å². The first-order valence-corrected chi connectivity index (χ1v) is 6.09. The number of rotatable bonds is 1. The third kappa shape index (κ3) is 2.40. The van der Waals surface area contributed by atoms with Crippen LogP contribution in [0.1, 0.15) is 4.88 Å². The minimum Gasteiger partial charge on any atom is -0.506 e. The van der Waals surface area contributed by atoms with Gasteiger partial charge < -0.3 is 5.11 Å². The van der Waals surface area contributed by atoms with Gasteiger partial charge in [-0.05, 0) is 28.7 Å². The van der Waals surface area contributed by atoms with Crippen molar-refractivity contribution in [3.8, 4) is 5.75 Å². The zero-order chi connectivity index (χ0) is 11.9. The minimum absolute atomic E-state index is 0.00438. The Morgan fingerprint density at radius 1 is 1.44 bits per heavy atom. The van der Waals surface area contributed by atoms with Crippen molar-refractivity contribution in [1.82, 2.24) is 4.98 Å². The summed E-state index contributed by atoms with van der Waals surface area (Å²) in [5.41, 5.74) is 0. The molecule has 2 heterocycles. The number of fused-ring (bicyclic) bond motifs is 1. The quantitative estimate of drug-likeness (QED) is 0.788. The molecule has 0 bridgehead atoms. The smallest absolute Gasteiger partial charge is 0.393 e. The summed E-state index contributed by atoms with van der Waals surface area (Å²) in [6.45, 7) is 0. The first kappa shape index (κ1) is 11.9. The summed E-state index contributed by atoms with van der Waals surface area (Å²) in [5.74, 6) is -0.00438. The molecule has 7 heteroatoms. The summed E-state index contributed by atoms with van der Waals surface area (Å²) in [6, 6.07) is 1.35. The number of alkyl halides is 3. The van der Waals surface area contributed by atoms with E-state index in [-0.39, 0.29) is 10.6 Å². The molecule has 0 fully saturated rings. The summed E-state index contributed by atoms with van der Waals surface area (Å²) < 4.78 is 37.0. The van der Waals surface area contributed by atoms with E-state index in [2.05, 4.69) is 4.98 Å². The number of aromatic nitrogens is 1. The number of hydrogen-bond donors (Lipinski definition) is 1. The summed E-state index contributed by atoms with van der Waals surface area (Å²) in [6.07, 6.45) is -3.78. The number of halogens is 4. The van der Waals surface area contributed by atoms with E-state index in [1.165, 1.54) is 12.3 Å². The van der Waals surface area contributed by atoms with Gasteiger partial charge in [-0.15, -0.1) is 11.3 Å². The molecule has 2 rings (SSSR count). The lowest BCUT2D eigenvalue weighted by atomic mass is 10.2. The molecular weight excluding hydrogens is 354 g/mol. The van der Waals surface area contributed by atoms with Crippen LogP contribution in [0.3, 0.4) is 0 Å². The molecule has 0 amide bonds. The van der Waals surface area contributed by atoms with Crippen LogP contribution in [0.2, 0.25) is 0 Å². The SMILES string of the molecule is Oc1c(I)cnc2sc(CC(F)(F)F)cc12. The highest BCUT2D eigenvalue weighted by Crippen LogP contribution is 2.35. The molecule has 0 aromatic carbocycles. The third-order valence-electron chi connectivity index (χ3n) is 1.91. The van der Waals surface area contributed by atoms with Crippen LogP contribution in [0, 0.1) is 3.57 Å². The van der Waals surface area contributed by atoms with E-state index >= 15 is 0 Å². The van der Waals surface area contributed by atoms with E-state index in [1.54, 1.807) is 0 Å². The van der Waals surface area contributed by atoms with Gasteiger partial charge in [0.1, 0.15) is 10.6 Å². The van der Waals surface area contributed by atoms with E-state index in [4.69, 9.17) is 0 Å². The van der Waals surface area contributed by atoms with Gasteiger partial charge in [0.15, 0.2) is 0 Å². The number of aromatic hydroxyl groups is 1. The minimum atomic E-state index is -4.23. The van der Waals surface area contributed by atoms with Crippen molar-refractivity contribution in [2.24, 2.45) is 0 Å². The molecule has 0 aliphatic rings. The van der Waals surface area contributed by atoms with E-state index in [1.807, 2.05) is 22.6 Å². The van der Waals surface area contributed by atoms with E-state index in [9.17, 15) is 18.3 Å². The zero-order valence-corrected chi connectivity index (χ0v) is 10.7. The highest BCUT2D eigenvalue weighted by atomic mass is 127. The summed E-state index contributed by atoms with van der Waals surface area (Å²) in [7, 11) is 0. The van der Waals surface area contributed by atoms with E-state index in [0.717, 1.165) is 11.3 Å². The van der Waals surface area contributed by atoms with Crippen molar-refractivity contribution in [2.75, 3.05) is 0 Å². The van der Waals surface area contributed by atoms with Crippen LogP contribution in [0.25, 0.3) is 10.2 Å². The van der Waals surface area contributed by atoms with Crippen LogP contribution in [0.15, 0.2) is 12.3 Å². The molecule has 0 atom stereocenters. The lowest BCUT2D eigenvalue weighted by Gasteiger charge is -2.01. The van der Waals surface area contributed by atoms with Gasteiger partial charge in [0.05, 0.1) is 15.4 Å². The molecule has 0 radical (unpaired) electrons. The fraction of sp³-hybridized carbons (Fsp3) is 0.222. The molecule has 0 saturated carbocycles. The summed E-state index contributed by atoms with van der Waals surface area (Å²) >= 11 is 2.83. The molecule has 0 unspecified atom stereocenters.